The van der Waals surface area contributed by atoms with Gasteiger partial charge in [-0.25, -0.2) is 0 Å². The van der Waals surface area contributed by atoms with Gasteiger partial charge in [0.25, 0.3) is 0 Å². The molecule has 4 heteroatoms. The number of hydrogen-bond acceptors (Lipinski definition) is 3. The fraction of sp³-hybridized carbons (Fsp3) is 0.292. The van der Waals surface area contributed by atoms with Crippen LogP contribution in [0.4, 0.5) is 11.5 Å². The van der Waals surface area contributed by atoms with E-state index in [9.17, 15) is 0 Å². The van der Waals surface area contributed by atoms with Crippen LogP contribution in [0, 0.1) is 6.92 Å². The average Bonchev–Trinajstić information content (AvgIpc) is 3.11. The molecular formula is C24H28N4. The number of hydrogen-bond donors (Lipinski definition) is 1. The number of allylic oxidation sites excluding steroid dienone is 1. The molecule has 2 aromatic heterocycles. The van der Waals surface area contributed by atoms with Crippen LogP contribution in [0.3, 0.4) is 0 Å². The van der Waals surface area contributed by atoms with Crippen molar-refractivity contribution in [3.63, 3.8) is 0 Å². The molecule has 1 aliphatic rings. The number of nitrogens with zero attached hydrogens (tertiary/aromatic N) is 3. The zero-order valence-electron chi connectivity index (χ0n) is 17.1. The predicted molar refractivity (Wildman–Crippen MR) is 116 cm³/mol. The summed E-state index contributed by atoms with van der Waals surface area (Å²) in [7, 11) is 0. The second-order valence-corrected chi connectivity index (χ2v) is 8.40. The molecule has 4 nitrogen and oxygen atoms in total. The van der Waals surface area contributed by atoms with Crippen LogP contribution >= 0.6 is 0 Å². The van der Waals surface area contributed by atoms with Gasteiger partial charge < -0.3 is 14.8 Å². The molecule has 0 saturated heterocycles. The highest BCUT2D eigenvalue weighted by Crippen LogP contribution is 2.36. The maximum Gasteiger partial charge on any atom is 0.118 e. The van der Waals surface area contributed by atoms with Gasteiger partial charge in [0.1, 0.15) is 11.6 Å². The van der Waals surface area contributed by atoms with E-state index in [-0.39, 0.29) is 5.54 Å². The lowest BCUT2D eigenvalue weighted by Crippen LogP contribution is -2.35. The Morgan fingerprint density at radius 2 is 1.82 bits per heavy atom. The van der Waals surface area contributed by atoms with Gasteiger partial charge in [-0.05, 0) is 76.1 Å². The Balaban J connectivity index is 1.73. The van der Waals surface area contributed by atoms with E-state index in [0.717, 1.165) is 30.2 Å². The van der Waals surface area contributed by atoms with E-state index in [4.69, 9.17) is 0 Å². The van der Waals surface area contributed by atoms with Crippen molar-refractivity contribution in [2.45, 2.75) is 46.2 Å². The van der Waals surface area contributed by atoms with Crippen LogP contribution in [0.2, 0.25) is 0 Å². The van der Waals surface area contributed by atoms with Gasteiger partial charge in [0.15, 0.2) is 0 Å². The maximum absolute atomic E-state index is 4.57. The second kappa shape index (κ2) is 7.19. The summed E-state index contributed by atoms with van der Waals surface area (Å²) in [6, 6.07) is 16.9. The van der Waals surface area contributed by atoms with Gasteiger partial charge in [0, 0.05) is 23.6 Å². The second-order valence-electron chi connectivity index (χ2n) is 8.40. The molecule has 0 fully saturated rings. The largest absolute Gasteiger partial charge is 0.342 e. The standard InChI is InChI=1S/C24H28N4/c1-18-8-11-20(12-9-18)26-22-13-10-19-14-16-28(24(2,3)4)23(19)27(22)17-21-7-5-6-15-25-21/h5-9,11-16,26H,10,17H2,1-4H3. The summed E-state index contributed by atoms with van der Waals surface area (Å²) in [5.41, 5.74) is 4.76. The van der Waals surface area contributed by atoms with E-state index < -0.39 is 0 Å². The van der Waals surface area contributed by atoms with Crippen LogP contribution in [0.5, 0.6) is 0 Å². The van der Waals surface area contributed by atoms with Crippen LogP contribution in [0.25, 0.3) is 0 Å². The maximum atomic E-state index is 4.57. The van der Waals surface area contributed by atoms with E-state index in [2.05, 4.69) is 96.1 Å². The number of fused-ring (bicyclic) bond motifs is 1. The summed E-state index contributed by atoms with van der Waals surface area (Å²) in [6.07, 6.45) is 7.27. The number of nitrogens with one attached hydrogen (secondary N) is 1. The van der Waals surface area contributed by atoms with Crippen molar-refractivity contribution >= 4 is 11.5 Å². The monoisotopic (exact) mass is 372 g/mol. The summed E-state index contributed by atoms with van der Waals surface area (Å²) in [4.78, 5) is 6.92. The first-order chi connectivity index (χ1) is 13.4. The molecule has 0 spiro atoms. The topological polar surface area (TPSA) is 33.1 Å². The molecule has 144 valence electrons. The Labute approximate surface area is 167 Å². The highest BCUT2D eigenvalue weighted by Gasteiger charge is 2.28. The van der Waals surface area contributed by atoms with E-state index in [1.807, 2.05) is 18.3 Å². The third-order valence-electron chi connectivity index (χ3n) is 5.09. The van der Waals surface area contributed by atoms with Gasteiger partial charge >= 0.3 is 0 Å². The smallest absolute Gasteiger partial charge is 0.118 e. The van der Waals surface area contributed by atoms with Crippen molar-refractivity contribution in [3.8, 4) is 0 Å². The normalized spacial score (nSPS) is 13.9. The molecule has 0 bridgehead atoms. The highest BCUT2D eigenvalue weighted by molar-refractivity contribution is 5.63. The van der Waals surface area contributed by atoms with Gasteiger partial charge in [-0.1, -0.05) is 23.8 Å². The molecule has 0 amide bonds. The zero-order valence-corrected chi connectivity index (χ0v) is 17.1. The van der Waals surface area contributed by atoms with Gasteiger partial charge in [0.05, 0.1) is 12.2 Å². The fourth-order valence-corrected chi connectivity index (χ4v) is 3.62. The highest BCUT2D eigenvalue weighted by atomic mass is 15.3. The SMILES string of the molecule is Cc1ccc(NC2=CCc3ccn(C(C)(C)C)c3N2Cc2ccccn2)cc1. The Hall–Kier alpha value is -3.01. The number of aromatic nitrogens is 2. The fourth-order valence-electron chi connectivity index (χ4n) is 3.62. The summed E-state index contributed by atoms with van der Waals surface area (Å²) in [5.74, 6) is 2.35. The Morgan fingerprint density at radius 3 is 2.50 bits per heavy atom. The molecule has 3 aromatic rings. The first kappa shape index (κ1) is 18.4. The minimum Gasteiger partial charge on any atom is -0.342 e. The zero-order chi connectivity index (χ0) is 19.7. The first-order valence-electron chi connectivity index (χ1n) is 9.84. The molecule has 3 heterocycles. The number of rotatable bonds is 4. The molecule has 0 radical (unpaired) electrons. The van der Waals surface area contributed by atoms with Crippen molar-refractivity contribution in [1.29, 1.82) is 0 Å². The van der Waals surface area contributed by atoms with Crippen LogP contribution in [0.1, 0.15) is 37.6 Å². The third-order valence-corrected chi connectivity index (χ3v) is 5.09. The molecule has 1 aromatic carbocycles. The number of benzene rings is 1. The number of pyridine rings is 1. The lowest BCUT2D eigenvalue weighted by atomic mass is 10.1. The molecular weight excluding hydrogens is 344 g/mol. The Bertz CT molecular complexity index is 976. The van der Waals surface area contributed by atoms with E-state index in [1.54, 1.807) is 0 Å². The van der Waals surface area contributed by atoms with Gasteiger partial charge in [-0.2, -0.15) is 0 Å². The number of aryl methyl sites for hydroxylation is 1. The average molecular weight is 373 g/mol. The molecule has 1 aliphatic heterocycles. The van der Waals surface area contributed by atoms with Crippen LogP contribution < -0.4 is 10.2 Å². The minimum absolute atomic E-state index is 0.00224. The van der Waals surface area contributed by atoms with Crippen molar-refractivity contribution in [2.75, 3.05) is 10.2 Å². The van der Waals surface area contributed by atoms with E-state index in [1.165, 1.54) is 16.9 Å². The van der Waals surface area contributed by atoms with E-state index >= 15 is 0 Å². The summed E-state index contributed by atoms with van der Waals surface area (Å²) in [5, 5.41) is 3.63. The van der Waals surface area contributed by atoms with Crippen LogP contribution in [0.15, 0.2) is 72.8 Å². The lowest BCUT2D eigenvalue weighted by Gasteiger charge is -2.36. The van der Waals surface area contributed by atoms with Gasteiger partial charge in [0.2, 0.25) is 0 Å². The van der Waals surface area contributed by atoms with E-state index in [0.29, 0.717) is 0 Å². The molecule has 1 N–H and O–H groups in total. The lowest BCUT2D eigenvalue weighted by molar-refractivity contribution is 0.398. The molecule has 0 saturated carbocycles. The van der Waals surface area contributed by atoms with Gasteiger partial charge in [-0.3, -0.25) is 4.98 Å². The molecule has 0 aliphatic carbocycles. The van der Waals surface area contributed by atoms with Crippen molar-refractivity contribution < 1.29 is 0 Å². The summed E-state index contributed by atoms with van der Waals surface area (Å²) < 4.78 is 2.37. The first-order valence-corrected chi connectivity index (χ1v) is 9.84. The molecule has 4 rings (SSSR count). The van der Waals surface area contributed by atoms with Gasteiger partial charge in [-0.15, -0.1) is 0 Å². The quantitative estimate of drug-likeness (QED) is 0.660. The summed E-state index contributed by atoms with van der Waals surface area (Å²) in [6.45, 7) is 9.57. The predicted octanol–water partition coefficient (Wildman–Crippen LogP) is 5.46. The molecule has 28 heavy (non-hydrogen) atoms. The molecule has 0 atom stereocenters. The van der Waals surface area contributed by atoms with Crippen molar-refractivity contribution in [2.24, 2.45) is 0 Å². The van der Waals surface area contributed by atoms with Crippen LogP contribution in [-0.4, -0.2) is 9.55 Å². The summed E-state index contributed by atoms with van der Waals surface area (Å²) >= 11 is 0. The van der Waals surface area contributed by atoms with Crippen LogP contribution in [-0.2, 0) is 18.5 Å². The third kappa shape index (κ3) is 3.68. The molecule has 0 unspecified atom stereocenters. The van der Waals surface area contributed by atoms with Crippen molar-refractivity contribution in [3.05, 3.63) is 89.6 Å². The Morgan fingerprint density at radius 1 is 1.04 bits per heavy atom. The van der Waals surface area contributed by atoms with Crippen molar-refractivity contribution in [1.82, 2.24) is 9.55 Å². The minimum atomic E-state index is 0.00224. The number of anilines is 2. The Kier molecular flexibility index (Phi) is 4.71.